The Morgan fingerprint density at radius 3 is 2.74 bits per heavy atom. The summed E-state index contributed by atoms with van der Waals surface area (Å²) in [5, 5.41) is 16.8. The zero-order valence-corrected chi connectivity index (χ0v) is 23.8. The van der Waals surface area contributed by atoms with Crippen molar-refractivity contribution in [1.82, 2.24) is 19.9 Å². The topological polar surface area (TPSA) is 107 Å². The Kier molecular flexibility index (Phi) is 7.53. The third-order valence-electron chi connectivity index (χ3n) is 6.69. The van der Waals surface area contributed by atoms with Crippen LogP contribution in [-0.2, 0) is 12.8 Å². The molecule has 0 radical (unpaired) electrons. The maximum Gasteiger partial charge on any atom is 0.267 e. The average Bonchev–Trinajstić information content (AvgIpc) is 3.39. The van der Waals surface area contributed by atoms with E-state index in [9.17, 15) is 9.90 Å². The van der Waals surface area contributed by atoms with Gasteiger partial charge >= 0.3 is 0 Å². The first kappa shape index (κ1) is 23.1. The number of amides is 1. The van der Waals surface area contributed by atoms with Crippen LogP contribution in [0.1, 0.15) is 58.4 Å². The van der Waals surface area contributed by atoms with Crippen LogP contribution in [0.3, 0.4) is 0 Å². The fourth-order valence-corrected chi connectivity index (χ4v) is 5.60. The van der Waals surface area contributed by atoms with E-state index in [0.717, 1.165) is 23.1 Å². The number of carbonyl (C=O) groups is 1. The summed E-state index contributed by atoms with van der Waals surface area (Å²) in [5.74, 6) is 1.42. The lowest BCUT2D eigenvalue weighted by atomic mass is 9.99. The SMILES string of the molecule is [2H]C([2H])(O)C([2H])([2H])N1CCN(c2cc(Nc3ncc(C(=O)Nc4c(Cl)cc(C)c(C)c4CC)s3)nc(CC)n2)C(C)C1. The second kappa shape index (κ2) is 12.4. The molecule has 0 saturated carbocycles. The number of aromatic nitrogens is 3. The molecule has 1 unspecified atom stereocenters. The van der Waals surface area contributed by atoms with Gasteiger partial charge in [-0.3, -0.25) is 9.69 Å². The molecule has 3 N–H and O–H groups in total. The van der Waals surface area contributed by atoms with Gasteiger partial charge in [-0.2, -0.15) is 0 Å². The van der Waals surface area contributed by atoms with Crippen LogP contribution in [0.2, 0.25) is 5.02 Å². The molecule has 1 aliphatic heterocycles. The monoisotopic (exact) mass is 561 g/mol. The van der Waals surface area contributed by atoms with Gasteiger partial charge in [0.25, 0.3) is 5.91 Å². The Labute approximate surface area is 238 Å². The van der Waals surface area contributed by atoms with Crippen LogP contribution < -0.4 is 15.5 Å². The summed E-state index contributed by atoms with van der Waals surface area (Å²) in [7, 11) is 0. The summed E-state index contributed by atoms with van der Waals surface area (Å²) in [5.41, 5.74) is 3.78. The van der Waals surface area contributed by atoms with Crippen LogP contribution >= 0.6 is 22.9 Å². The number of aliphatic hydroxyl groups is 1. The van der Waals surface area contributed by atoms with Crippen LogP contribution in [0.25, 0.3) is 0 Å². The smallest absolute Gasteiger partial charge is 0.267 e. The summed E-state index contributed by atoms with van der Waals surface area (Å²) in [6, 6.07) is 3.41. The van der Waals surface area contributed by atoms with Gasteiger partial charge in [0.1, 0.15) is 22.3 Å². The zero-order valence-electron chi connectivity index (χ0n) is 26.2. The predicted octanol–water partition coefficient (Wildman–Crippen LogP) is 4.83. The number of hydrogen-bond donors (Lipinski definition) is 3. The molecule has 1 aromatic carbocycles. The fourth-order valence-electron chi connectivity index (χ4n) is 4.56. The van der Waals surface area contributed by atoms with Gasteiger partial charge in [-0.1, -0.05) is 36.8 Å². The summed E-state index contributed by atoms with van der Waals surface area (Å²) in [4.78, 5) is 30.5. The van der Waals surface area contributed by atoms with Crippen LogP contribution in [0.15, 0.2) is 18.3 Å². The van der Waals surface area contributed by atoms with Crippen molar-refractivity contribution in [2.75, 3.05) is 48.2 Å². The van der Waals surface area contributed by atoms with Crippen LogP contribution in [-0.4, -0.2) is 69.6 Å². The lowest BCUT2D eigenvalue weighted by Crippen LogP contribution is -2.52. The van der Waals surface area contributed by atoms with Gasteiger partial charge in [-0.05, 0) is 49.9 Å². The molecule has 0 spiro atoms. The van der Waals surface area contributed by atoms with E-state index in [1.807, 2.05) is 45.6 Å². The molecule has 204 valence electrons. The van der Waals surface area contributed by atoms with Crippen molar-refractivity contribution in [3.05, 3.63) is 50.7 Å². The second-order valence-electron chi connectivity index (χ2n) is 9.21. The van der Waals surface area contributed by atoms with E-state index in [1.54, 1.807) is 6.07 Å². The number of piperazine rings is 1. The molecule has 0 aliphatic carbocycles. The van der Waals surface area contributed by atoms with Gasteiger partial charge in [0, 0.05) is 47.4 Å². The van der Waals surface area contributed by atoms with Gasteiger partial charge < -0.3 is 20.6 Å². The molecular formula is C27H36ClN7O2S. The second-order valence-corrected chi connectivity index (χ2v) is 10.6. The molecular weight excluding hydrogens is 522 g/mol. The molecule has 4 rings (SSSR count). The molecule has 1 atom stereocenters. The standard InChI is InChI=1S/C27H36ClN7O2S/c1-6-19-18(5)16(3)12-20(28)25(19)33-26(37)21-14-29-27(38-21)32-23-13-24(31-22(7-2)30-23)35-9-8-34(10-11-36)15-17(35)4/h12-14,17,36H,6-11,15H2,1-5H3,(H,33,37)(H,29,30,31,32)/i10D2,11D2. The molecule has 11 heteroatoms. The largest absolute Gasteiger partial charge is 0.395 e. The lowest BCUT2D eigenvalue weighted by Gasteiger charge is -2.40. The highest BCUT2D eigenvalue weighted by Gasteiger charge is 2.25. The van der Waals surface area contributed by atoms with Crippen molar-refractivity contribution in [3.8, 4) is 0 Å². The van der Waals surface area contributed by atoms with E-state index >= 15 is 0 Å². The Morgan fingerprint density at radius 2 is 2.05 bits per heavy atom. The van der Waals surface area contributed by atoms with Gasteiger partial charge in [0.2, 0.25) is 0 Å². The predicted molar refractivity (Wildman–Crippen MR) is 155 cm³/mol. The summed E-state index contributed by atoms with van der Waals surface area (Å²) in [6.45, 7) is 5.10. The normalized spacial score (nSPS) is 18.4. The molecule has 1 saturated heterocycles. The van der Waals surface area contributed by atoms with E-state index in [2.05, 4.69) is 25.6 Å². The Morgan fingerprint density at radius 1 is 1.26 bits per heavy atom. The molecule has 2 aromatic heterocycles. The number of nitrogens with one attached hydrogen (secondary N) is 2. The van der Waals surface area contributed by atoms with Crippen molar-refractivity contribution in [1.29, 1.82) is 0 Å². The van der Waals surface area contributed by atoms with Crippen molar-refractivity contribution < 1.29 is 15.4 Å². The minimum Gasteiger partial charge on any atom is -0.395 e. The van der Waals surface area contributed by atoms with E-state index in [4.69, 9.17) is 17.1 Å². The van der Waals surface area contributed by atoms with Gasteiger partial charge in [0.05, 0.1) is 26.2 Å². The van der Waals surface area contributed by atoms with E-state index < -0.39 is 13.1 Å². The number of nitrogens with zero attached hydrogens (tertiary/aromatic N) is 5. The highest BCUT2D eigenvalue weighted by Crippen LogP contribution is 2.33. The van der Waals surface area contributed by atoms with Crippen molar-refractivity contribution >= 4 is 51.3 Å². The van der Waals surface area contributed by atoms with Gasteiger partial charge in [-0.15, -0.1) is 0 Å². The van der Waals surface area contributed by atoms with Gasteiger partial charge in [-0.25, -0.2) is 15.0 Å². The number of β-amino-alcohol motifs (C(OH)–C–C–N with tert-alkyl or cyclic N) is 1. The highest BCUT2D eigenvalue weighted by molar-refractivity contribution is 7.17. The number of aryl methyl sites for hydroxylation is 2. The third kappa shape index (κ3) is 6.26. The first-order valence-corrected chi connectivity index (χ1v) is 13.8. The maximum absolute atomic E-state index is 13.1. The number of carbonyl (C=O) groups excluding carboxylic acids is 1. The number of halogens is 1. The average molecular weight is 562 g/mol. The number of anilines is 4. The molecule has 9 nitrogen and oxygen atoms in total. The Hall–Kier alpha value is -2.79. The molecule has 0 bridgehead atoms. The zero-order chi connectivity index (χ0) is 31.0. The van der Waals surface area contributed by atoms with Crippen molar-refractivity contribution in [2.24, 2.45) is 0 Å². The maximum atomic E-state index is 13.1. The molecule has 1 aliphatic rings. The molecule has 3 aromatic rings. The number of rotatable bonds is 9. The van der Waals surface area contributed by atoms with Crippen molar-refractivity contribution in [3.63, 3.8) is 0 Å². The minimum absolute atomic E-state index is 0.191. The number of hydrogen-bond acceptors (Lipinski definition) is 9. The molecule has 3 heterocycles. The summed E-state index contributed by atoms with van der Waals surface area (Å²) >= 11 is 7.67. The van der Waals surface area contributed by atoms with Crippen LogP contribution in [0.4, 0.5) is 22.5 Å². The van der Waals surface area contributed by atoms with E-state index in [-0.39, 0.29) is 25.0 Å². The Balaban J connectivity index is 1.51. The third-order valence-corrected chi connectivity index (χ3v) is 7.90. The highest BCUT2D eigenvalue weighted by atomic mass is 35.5. The van der Waals surface area contributed by atoms with E-state index in [0.29, 0.717) is 51.1 Å². The summed E-state index contributed by atoms with van der Waals surface area (Å²) < 4.78 is 31.1. The minimum atomic E-state index is -3.00. The summed E-state index contributed by atoms with van der Waals surface area (Å²) in [6.07, 6.45) is 2.80. The molecule has 38 heavy (non-hydrogen) atoms. The van der Waals surface area contributed by atoms with Crippen LogP contribution in [0.5, 0.6) is 0 Å². The van der Waals surface area contributed by atoms with E-state index in [1.165, 1.54) is 22.4 Å². The first-order valence-electron chi connectivity index (χ1n) is 14.6. The van der Waals surface area contributed by atoms with Gasteiger partial charge in [0.15, 0.2) is 5.13 Å². The van der Waals surface area contributed by atoms with Crippen molar-refractivity contribution in [2.45, 2.75) is 53.5 Å². The first-order chi connectivity index (χ1) is 19.7. The lowest BCUT2D eigenvalue weighted by molar-refractivity contribution is 0.103. The van der Waals surface area contributed by atoms with Crippen LogP contribution in [0, 0.1) is 13.8 Å². The fraction of sp³-hybridized carbons (Fsp3) is 0.481. The Bertz CT molecular complexity index is 1470. The molecule has 1 fully saturated rings. The quantitative estimate of drug-likeness (QED) is 0.341. The number of benzene rings is 1. The molecule has 1 amide bonds. The number of thiazole rings is 1.